The van der Waals surface area contributed by atoms with E-state index in [0.717, 1.165) is 28.8 Å². The largest absolute Gasteiger partial charge is 0.416 e. The van der Waals surface area contributed by atoms with Crippen LogP contribution in [0, 0.1) is 0 Å². The lowest BCUT2D eigenvalue weighted by atomic mass is 9.99. The van der Waals surface area contributed by atoms with Gasteiger partial charge >= 0.3 is 6.18 Å². The van der Waals surface area contributed by atoms with Crippen LogP contribution in [0.4, 0.5) is 13.2 Å². The predicted molar refractivity (Wildman–Crippen MR) is 74.5 cm³/mol. The molecule has 0 bridgehead atoms. The highest BCUT2D eigenvalue weighted by molar-refractivity contribution is 9.08. The number of halogens is 5. The Morgan fingerprint density at radius 2 is 1.63 bits per heavy atom. The molecule has 0 aromatic heterocycles. The van der Waals surface area contributed by atoms with Gasteiger partial charge in [-0.25, -0.2) is 0 Å². The molecule has 2 aromatic carbocycles. The summed E-state index contributed by atoms with van der Waals surface area (Å²) in [7, 11) is 0. The SMILES string of the molecule is FC(F)(F)c1ccc(-c2ccc(Cl)cc2CBr)cc1. The summed E-state index contributed by atoms with van der Waals surface area (Å²) in [5, 5.41) is 1.19. The van der Waals surface area contributed by atoms with Crippen molar-refractivity contribution in [3.05, 3.63) is 58.6 Å². The van der Waals surface area contributed by atoms with Gasteiger partial charge in [0.15, 0.2) is 0 Å². The normalized spacial score (nSPS) is 11.6. The molecule has 2 rings (SSSR count). The van der Waals surface area contributed by atoms with Gasteiger partial charge in [-0.3, -0.25) is 0 Å². The highest BCUT2D eigenvalue weighted by Crippen LogP contribution is 2.33. The van der Waals surface area contributed by atoms with Crippen LogP contribution in [0.2, 0.25) is 5.02 Å². The number of hydrogen-bond acceptors (Lipinski definition) is 0. The number of benzene rings is 2. The van der Waals surface area contributed by atoms with Crippen molar-refractivity contribution < 1.29 is 13.2 Å². The molecular weight excluding hydrogens is 341 g/mol. The van der Waals surface area contributed by atoms with Gasteiger partial charge in [0.2, 0.25) is 0 Å². The van der Waals surface area contributed by atoms with E-state index in [-0.39, 0.29) is 0 Å². The second-order valence-electron chi connectivity index (χ2n) is 4.01. The fourth-order valence-corrected chi connectivity index (χ4v) is 2.45. The number of rotatable bonds is 2. The van der Waals surface area contributed by atoms with Gasteiger partial charge in [0.1, 0.15) is 0 Å². The molecule has 0 aliphatic carbocycles. The monoisotopic (exact) mass is 348 g/mol. The Hall–Kier alpha value is -1.000. The van der Waals surface area contributed by atoms with Crippen LogP contribution >= 0.6 is 27.5 Å². The molecule has 0 aliphatic rings. The lowest BCUT2D eigenvalue weighted by Crippen LogP contribution is -2.04. The minimum absolute atomic E-state index is 0.587. The molecule has 0 aliphatic heterocycles. The van der Waals surface area contributed by atoms with E-state index >= 15 is 0 Å². The third kappa shape index (κ3) is 3.31. The van der Waals surface area contributed by atoms with Crippen molar-refractivity contribution in [2.45, 2.75) is 11.5 Å². The minimum Gasteiger partial charge on any atom is -0.166 e. The summed E-state index contributed by atoms with van der Waals surface area (Å²) in [6.07, 6.45) is -4.31. The van der Waals surface area contributed by atoms with Crippen molar-refractivity contribution in [1.82, 2.24) is 0 Å². The first kappa shape index (κ1) is 14.4. The van der Waals surface area contributed by atoms with Gasteiger partial charge in [0, 0.05) is 10.4 Å². The summed E-state index contributed by atoms with van der Waals surface area (Å²) < 4.78 is 37.5. The maximum absolute atomic E-state index is 12.5. The van der Waals surface area contributed by atoms with Crippen LogP contribution in [0.1, 0.15) is 11.1 Å². The van der Waals surface area contributed by atoms with Crippen LogP contribution in [-0.2, 0) is 11.5 Å². The fraction of sp³-hybridized carbons (Fsp3) is 0.143. The van der Waals surface area contributed by atoms with Gasteiger partial charge in [-0.2, -0.15) is 13.2 Å². The maximum atomic E-state index is 12.5. The van der Waals surface area contributed by atoms with Gasteiger partial charge in [-0.1, -0.05) is 45.7 Å². The zero-order valence-corrected chi connectivity index (χ0v) is 12.0. The second kappa shape index (κ2) is 5.55. The quantitative estimate of drug-likeness (QED) is 0.590. The van der Waals surface area contributed by atoms with E-state index < -0.39 is 11.7 Å². The van der Waals surface area contributed by atoms with Gasteiger partial charge in [0.25, 0.3) is 0 Å². The highest BCUT2D eigenvalue weighted by atomic mass is 79.9. The topological polar surface area (TPSA) is 0 Å². The van der Waals surface area contributed by atoms with Crippen molar-refractivity contribution >= 4 is 27.5 Å². The van der Waals surface area contributed by atoms with E-state index in [2.05, 4.69) is 15.9 Å². The lowest BCUT2D eigenvalue weighted by Gasteiger charge is -2.10. The van der Waals surface area contributed by atoms with Crippen LogP contribution in [0.3, 0.4) is 0 Å². The molecule has 5 heteroatoms. The van der Waals surface area contributed by atoms with E-state index in [4.69, 9.17) is 11.6 Å². The summed E-state index contributed by atoms with van der Waals surface area (Å²) in [6, 6.07) is 10.4. The van der Waals surface area contributed by atoms with Crippen LogP contribution in [0.5, 0.6) is 0 Å². The average Bonchev–Trinajstić information content (AvgIpc) is 2.37. The van der Waals surface area contributed by atoms with E-state index in [9.17, 15) is 13.2 Å². The maximum Gasteiger partial charge on any atom is 0.416 e. The molecule has 0 nitrogen and oxygen atoms in total. The Balaban J connectivity index is 2.43. The van der Waals surface area contributed by atoms with Gasteiger partial charge in [-0.05, 0) is 41.0 Å². The Labute approximate surface area is 122 Å². The van der Waals surface area contributed by atoms with Crippen LogP contribution in [-0.4, -0.2) is 0 Å². The molecule has 0 spiro atoms. The minimum atomic E-state index is -4.31. The van der Waals surface area contributed by atoms with Crippen molar-refractivity contribution in [3.63, 3.8) is 0 Å². The predicted octanol–water partition coefficient (Wildman–Crippen LogP) is 5.92. The zero-order valence-electron chi connectivity index (χ0n) is 9.64. The average molecular weight is 350 g/mol. The summed E-state index contributed by atoms with van der Waals surface area (Å²) in [6.45, 7) is 0. The Bertz CT molecular complexity index is 576. The zero-order chi connectivity index (χ0) is 14.0. The molecule has 0 amide bonds. The van der Waals surface area contributed by atoms with E-state index in [0.29, 0.717) is 10.4 Å². The van der Waals surface area contributed by atoms with E-state index in [1.165, 1.54) is 12.1 Å². The third-order valence-electron chi connectivity index (χ3n) is 2.73. The van der Waals surface area contributed by atoms with Crippen LogP contribution in [0.15, 0.2) is 42.5 Å². The van der Waals surface area contributed by atoms with Crippen molar-refractivity contribution in [2.75, 3.05) is 0 Å². The number of hydrogen-bond donors (Lipinski definition) is 0. The summed E-state index contributed by atoms with van der Waals surface area (Å²) in [5.41, 5.74) is 1.90. The third-order valence-corrected chi connectivity index (χ3v) is 3.57. The molecule has 2 aromatic rings. The summed E-state index contributed by atoms with van der Waals surface area (Å²) in [5.74, 6) is 0. The van der Waals surface area contributed by atoms with Crippen molar-refractivity contribution in [3.8, 4) is 11.1 Å². The molecule has 0 fully saturated rings. The molecule has 0 saturated heterocycles. The molecule has 0 unspecified atom stereocenters. The first-order valence-electron chi connectivity index (χ1n) is 5.44. The summed E-state index contributed by atoms with van der Waals surface area (Å²) in [4.78, 5) is 0. The smallest absolute Gasteiger partial charge is 0.166 e. The Morgan fingerprint density at radius 3 is 2.16 bits per heavy atom. The van der Waals surface area contributed by atoms with Crippen molar-refractivity contribution in [2.24, 2.45) is 0 Å². The molecule has 0 atom stereocenters. The van der Waals surface area contributed by atoms with Gasteiger partial charge in [0.05, 0.1) is 5.56 Å². The molecule has 100 valence electrons. The van der Waals surface area contributed by atoms with E-state index in [1.54, 1.807) is 12.1 Å². The van der Waals surface area contributed by atoms with E-state index in [1.807, 2.05) is 6.07 Å². The van der Waals surface area contributed by atoms with Gasteiger partial charge < -0.3 is 0 Å². The number of alkyl halides is 4. The molecule has 19 heavy (non-hydrogen) atoms. The van der Waals surface area contributed by atoms with Crippen molar-refractivity contribution in [1.29, 1.82) is 0 Å². The molecule has 0 N–H and O–H groups in total. The molecule has 0 heterocycles. The van der Waals surface area contributed by atoms with Crippen LogP contribution in [0.25, 0.3) is 11.1 Å². The molecule has 0 radical (unpaired) electrons. The molecule has 0 saturated carbocycles. The summed E-state index contributed by atoms with van der Waals surface area (Å²) >= 11 is 9.25. The Morgan fingerprint density at radius 1 is 1.00 bits per heavy atom. The first-order chi connectivity index (χ1) is 8.91. The standard InChI is InChI=1S/C14H9BrClF3/c15-8-10-7-12(16)5-6-13(10)9-1-3-11(4-2-9)14(17,18)19/h1-7H,8H2. The van der Waals surface area contributed by atoms with Crippen LogP contribution < -0.4 is 0 Å². The lowest BCUT2D eigenvalue weighted by molar-refractivity contribution is -0.137. The first-order valence-corrected chi connectivity index (χ1v) is 6.94. The highest BCUT2D eigenvalue weighted by Gasteiger charge is 2.30. The fourth-order valence-electron chi connectivity index (χ4n) is 1.79. The Kier molecular flexibility index (Phi) is 4.21. The van der Waals surface area contributed by atoms with Gasteiger partial charge in [-0.15, -0.1) is 0 Å². The molecular formula is C14H9BrClF3. The second-order valence-corrected chi connectivity index (χ2v) is 5.01.